The van der Waals surface area contributed by atoms with Crippen molar-refractivity contribution < 1.29 is 4.79 Å². The van der Waals surface area contributed by atoms with Gasteiger partial charge in [0.15, 0.2) is 5.16 Å². The molecule has 0 bridgehead atoms. The first-order valence-corrected chi connectivity index (χ1v) is 11.4. The number of anilines is 1. The van der Waals surface area contributed by atoms with E-state index in [1.54, 1.807) is 11.8 Å². The number of hydrogen-bond donors (Lipinski definition) is 0. The molecule has 8 heteroatoms. The molecule has 3 heterocycles. The lowest BCUT2D eigenvalue weighted by Gasteiger charge is -2.33. The van der Waals surface area contributed by atoms with Crippen LogP contribution in [0.5, 0.6) is 0 Å². The Morgan fingerprint density at radius 2 is 1.72 bits per heavy atom. The van der Waals surface area contributed by atoms with E-state index in [0.29, 0.717) is 10.3 Å². The summed E-state index contributed by atoms with van der Waals surface area (Å²) >= 11 is 7.82. The highest BCUT2D eigenvalue weighted by atomic mass is 35.5. The summed E-state index contributed by atoms with van der Waals surface area (Å²) in [5.41, 5.74) is 1.90. The summed E-state index contributed by atoms with van der Waals surface area (Å²) in [6, 6.07) is 9.72. The van der Waals surface area contributed by atoms with Crippen LogP contribution in [0.2, 0.25) is 5.15 Å². The van der Waals surface area contributed by atoms with Gasteiger partial charge in [0.1, 0.15) is 11.0 Å². The number of aromatic nitrogens is 2. The third kappa shape index (κ3) is 5.21. The van der Waals surface area contributed by atoms with Crippen LogP contribution in [0.4, 0.5) is 5.82 Å². The molecule has 4 rings (SSSR count). The van der Waals surface area contributed by atoms with Crippen LogP contribution in [0.15, 0.2) is 35.5 Å². The summed E-state index contributed by atoms with van der Waals surface area (Å²) in [5, 5.41) is 1.16. The van der Waals surface area contributed by atoms with Gasteiger partial charge in [-0.2, -0.15) is 0 Å². The minimum atomic E-state index is 0.136. The van der Waals surface area contributed by atoms with E-state index < -0.39 is 0 Å². The van der Waals surface area contributed by atoms with E-state index in [-0.39, 0.29) is 5.91 Å². The first kappa shape index (κ1) is 20.4. The number of piperazine rings is 1. The molecule has 0 N–H and O–H groups in total. The maximum absolute atomic E-state index is 12.5. The zero-order valence-electron chi connectivity index (χ0n) is 16.7. The lowest BCUT2D eigenvalue weighted by Crippen LogP contribution is -2.44. The number of hydrogen-bond acceptors (Lipinski definition) is 6. The first-order chi connectivity index (χ1) is 14.1. The third-order valence-corrected chi connectivity index (χ3v) is 6.56. The molecule has 29 heavy (non-hydrogen) atoms. The van der Waals surface area contributed by atoms with Crippen LogP contribution in [0.3, 0.4) is 0 Å². The molecule has 6 nitrogen and oxygen atoms in total. The Kier molecular flexibility index (Phi) is 6.57. The molecule has 0 spiro atoms. The lowest BCUT2D eigenvalue weighted by atomic mass is 10.1. The summed E-state index contributed by atoms with van der Waals surface area (Å²) in [6.45, 7) is 5.68. The predicted octanol–water partition coefficient (Wildman–Crippen LogP) is 3.41. The maximum atomic E-state index is 12.5. The van der Waals surface area contributed by atoms with Gasteiger partial charge in [0.05, 0.1) is 0 Å². The molecular formula is C21H26ClN5OS. The number of carbonyl (C=O) groups is 1. The normalized spacial score (nSPS) is 17.7. The summed E-state index contributed by atoms with van der Waals surface area (Å²) in [4.78, 5) is 28.1. The van der Waals surface area contributed by atoms with Crippen molar-refractivity contribution in [2.45, 2.75) is 23.8 Å². The molecule has 2 aliphatic heterocycles. The fourth-order valence-electron chi connectivity index (χ4n) is 3.64. The van der Waals surface area contributed by atoms with E-state index in [0.717, 1.165) is 74.8 Å². The quantitative estimate of drug-likeness (QED) is 0.411. The Hall–Kier alpha value is -1.83. The van der Waals surface area contributed by atoms with Gasteiger partial charge in [-0.25, -0.2) is 9.97 Å². The Labute approximate surface area is 181 Å². The molecule has 1 aromatic carbocycles. The van der Waals surface area contributed by atoms with E-state index in [2.05, 4.69) is 21.8 Å². The van der Waals surface area contributed by atoms with Gasteiger partial charge in [0, 0.05) is 56.7 Å². The largest absolute Gasteiger partial charge is 0.354 e. The van der Waals surface area contributed by atoms with E-state index in [9.17, 15) is 4.79 Å². The summed E-state index contributed by atoms with van der Waals surface area (Å²) in [7, 11) is 2.13. The SMILES string of the molecule is CN1CCN(c2cc(Cl)nc(SCc3ccc(C(=O)N4CCCC4)cc3)n2)CC1. The van der Waals surface area contributed by atoms with Gasteiger partial charge in [-0.15, -0.1) is 0 Å². The van der Waals surface area contributed by atoms with Crippen molar-refractivity contribution in [2.24, 2.45) is 0 Å². The van der Waals surface area contributed by atoms with Crippen molar-refractivity contribution in [3.05, 3.63) is 46.6 Å². The summed E-state index contributed by atoms with van der Waals surface area (Å²) in [5.74, 6) is 1.77. The van der Waals surface area contributed by atoms with Crippen LogP contribution in [0, 0.1) is 0 Å². The molecule has 0 unspecified atom stereocenters. The van der Waals surface area contributed by atoms with Crippen LogP contribution in [-0.2, 0) is 5.75 Å². The van der Waals surface area contributed by atoms with Crippen molar-refractivity contribution in [1.82, 2.24) is 19.8 Å². The van der Waals surface area contributed by atoms with E-state index in [4.69, 9.17) is 16.6 Å². The van der Waals surface area contributed by atoms with Crippen molar-refractivity contribution in [1.29, 1.82) is 0 Å². The molecule has 0 saturated carbocycles. The van der Waals surface area contributed by atoms with Gasteiger partial charge in [-0.3, -0.25) is 4.79 Å². The van der Waals surface area contributed by atoms with Gasteiger partial charge in [0.25, 0.3) is 5.91 Å². The smallest absolute Gasteiger partial charge is 0.253 e. The number of rotatable bonds is 5. The average Bonchev–Trinajstić information content (AvgIpc) is 3.27. The summed E-state index contributed by atoms with van der Waals surface area (Å²) in [6.07, 6.45) is 2.21. The number of amides is 1. The average molecular weight is 432 g/mol. The van der Waals surface area contributed by atoms with Gasteiger partial charge in [-0.1, -0.05) is 35.5 Å². The first-order valence-electron chi connectivity index (χ1n) is 10.1. The fraction of sp³-hybridized carbons (Fsp3) is 0.476. The van der Waals surface area contributed by atoms with Crippen molar-refractivity contribution >= 4 is 35.1 Å². The van der Waals surface area contributed by atoms with Gasteiger partial charge < -0.3 is 14.7 Å². The second kappa shape index (κ2) is 9.32. The van der Waals surface area contributed by atoms with E-state index in [1.807, 2.05) is 35.2 Å². The van der Waals surface area contributed by atoms with Gasteiger partial charge in [0.2, 0.25) is 0 Å². The Balaban J connectivity index is 1.38. The number of nitrogens with zero attached hydrogens (tertiary/aromatic N) is 5. The van der Waals surface area contributed by atoms with Crippen molar-refractivity contribution in [3.8, 4) is 0 Å². The molecule has 0 aliphatic carbocycles. The standard InChI is InChI=1S/C21H26ClN5OS/c1-25-10-12-26(13-11-25)19-14-18(22)23-21(24-19)29-15-16-4-6-17(7-5-16)20(28)27-8-2-3-9-27/h4-7,14H,2-3,8-13,15H2,1H3. The van der Waals surface area contributed by atoms with Gasteiger partial charge >= 0.3 is 0 Å². The predicted molar refractivity (Wildman–Crippen MR) is 118 cm³/mol. The Morgan fingerprint density at radius 1 is 1.03 bits per heavy atom. The lowest BCUT2D eigenvalue weighted by molar-refractivity contribution is 0.0793. The van der Waals surface area contributed by atoms with Crippen LogP contribution >= 0.6 is 23.4 Å². The van der Waals surface area contributed by atoms with Crippen LogP contribution < -0.4 is 4.90 Å². The highest BCUT2D eigenvalue weighted by Gasteiger charge is 2.19. The highest BCUT2D eigenvalue weighted by Crippen LogP contribution is 2.25. The summed E-state index contributed by atoms with van der Waals surface area (Å²) < 4.78 is 0. The molecular weight excluding hydrogens is 406 g/mol. The zero-order chi connectivity index (χ0) is 20.2. The van der Waals surface area contributed by atoms with E-state index in [1.165, 1.54) is 0 Å². The monoisotopic (exact) mass is 431 g/mol. The third-order valence-electron chi connectivity index (χ3n) is 5.45. The molecule has 2 aromatic rings. The molecule has 154 valence electrons. The maximum Gasteiger partial charge on any atom is 0.253 e. The van der Waals surface area contributed by atoms with E-state index >= 15 is 0 Å². The minimum Gasteiger partial charge on any atom is -0.354 e. The molecule has 1 amide bonds. The number of benzene rings is 1. The Morgan fingerprint density at radius 3 is 2.41 bits per heavy atom. The zero-order valence-corrected chi connectivity index (χ0v) is 18.3. The highest BCUT2D eigenvalue weighted by molar-refractivity contribution is 7.98. The molecule has 2 saturated heterocycles. The second-order valence-corrected chi connectivity index (χ2v) is 8.94. The second-order valence-electron chi connectivity index (χ2n) is 7.61. The topological polar surface area (TPSA) is 52.6 Å². The number of likely N-dealkylation sites (tertiary alicyclic amines) is 1. The van der Waals surface area contributed by atoms with Crippen LogP contribution in [0.25, 0.3) is 0 Å². The van der Waals surface area contributed by atoms with Crippen molar-refractivity contribution in [2.75, 3.05) is 51.2 Å². The minimum absolute atomic E-state index is 0.136. The molecule has 0 radical (unpaired) electrons. The van der Waals surface area contributed by atoms with Gasteiger partial charge in [-0.05, 0) is 37.6 Å². The number of thioether (sulfide) groups is 1. The van der Waals surface area contributed by atoms with Crippen LogP contribution in [-0.4, -0.2) is 72.0 Å². The molecule has 2 fully saturated rings. The van der Waals surface area contributed by atoms with Crippen LogP contribution in [0.1, 0.15) is 28.8 Å². The number of halogens is 1. The van der Waals surface area contributed by atoms with Crippen molar-refractivity contribution in [3.63, 3.8) is 0 Å². The molecule has 0 atom stereocenters. The Bertz CT molecular complexity index is 849. The molecule has 2 aliphatic rings. The molecule has 1 aromatic heterocycles. The number of carbonyl (C=O) groups excluding carboxylic acids is 1. The number of likely N-dealkylation sites (N-methyl/N-ethyl adjacent to an activating group) is 1. The fourth-order valence-corrected chi connectivity index (χ4v) is 4.68.